The van der Waals surface area contributed by atoms with Crippen LogP contribution in [0.4, 0.5) is 11.4 Å². The number of amides is 2. The first-order chi connectivity index (χ1) is 14.9. The van der Waals surface area contributed by atoms with Crippen molar-refractivity contribution in [1.82, 2.24) is 5.32 Å². The lowest BCUT2D eigenvalue weighted by molar-refractivity contribution is 0.0976. The van der Waals surface area contributed by atoms with E-state index in [4.69, 9.17) is 40.2 Å². The number of nitrogens with one attached hydrogen (secondary N) is 3. The second-order valence-corrected chi connectivity index (χ2v) is 7.55. The van der Waals surface area contributed by atoms with Crippen LogP contribution in [0.15, 0.2) is 66.7 Å². The molecule has 0 spiro atoms. The molecular weight excluding hydrogens is 457 g/mol. The minimum atomic E-state index is -0.382. The van der Waals surface area contributed by atoms with Crippen molar-refractivity contribution in [2.45, 2.75) is 0 Å². The number of ether oxygens (including phenoxy) is 1. The van der Waals surface area contributed by atoms with E-state index in [0.29, 0.717) is 33.3 Å². The first kappa shape index (κ1) is 22.6. The molecular formula is C22H17Cl2N3O3S. The standard InChI is InChI=1S/C22H17Cl2N3O3S/c1-30-17-7-2-4-13(10-17)20(28)27-22(31)26-16-6-3-5-15(12-16)25-21(29)18-9-8-14(23)11-19(18)24/h2-12H,1H3,(H,25,29)(H2,26,27,28,31). The van der Waals surface area contributed by atoms with Crippen molar-refractivity contribution in [2.75, 3.05) is 17.7 Å². The highest BCUT2D eigenvalue weighted by Crippen LogP contribution is 2.23. The summed E-state index contributed by atoms with van der Waals surface area (Å²) in [6.07, 6.45) is 0. The molecule has 0 fully saturated rings. The molecule has 0 heterocycles. The summed E-state index contributed by atoms with van der Waals surface area (Å²) < 4.78 is 5.12. The summed E-state index contributed by atoms with van der Waals surface area (Å²) in [5.41, 5.74) is 1.80. The van der Waals surface area contributed by atoms with Gasteiger partial charge in [-0.15, -0.1) is 0 Å². The number of carbonyl (C=O) groups excluding carboxylic acids is 2. The third-order valence-corrected chi connectivity index (χ3v) is 4.86. The molecule has 0 aromatic heterocycles. The van der Waals surface area contributed by atoms with Gasteiger partial charge in [0.05, 0.1) is 17.7 Å². The van der Waals surface area contributed by atoms with E-state index in [1.54, 1.807) is 60.7 Å². The number of carbonyl (C=O) groups is 2. The van der Waals surface area contributed by atoms with Crippen LogP contribution in [0.1, 0.15) is 20.7 Å². The summed E-state index contributed by atoms with van der Waals surface area (Å²) in [5, 5.41) is 9.08. The zero-order valence-electron chi connectivity index (χ0n) is 16.2. The fourth-order valence-corrected chi connectivity index (χ4v) is 3.35. The molecule has 0 aliphatic heterocycles. The lowest BCUT2D eigenvalue weighted by atomic mass is 10.2. The quantitative estimate of drug-likeness (QED) is 0.433. The Balaban J connectivity index is 1.63. The average molecular weight is 474 g/mol. The van der Waals surface area contributed by atoms with Crippen LogP contribution in [-0.4, -0.2) is 24.0 Å². The van der Waals surface area contributed by atoms with Crippen LogP contribution in [0.25, 0.3) is 0 Å². The van der Waals surface area contributed by atoms with Crippen molar-refractivity contribution in [3.63, 3.8) is 0 Å². The Morgan fingerprint density at radius 3 is 2.29 bits per heavy atom. The number of methoxy groups -OCH3 is 1. The van der Waals surface area contributed by atoms with E-state index in [1.807, 2.05) is 0 Å². The van der Waals surface area contributed by atoms with Crippen LogP contribution in [0, 0.1) is 0 Å². The van der Waals surface area contributed by atoms with Crippen molar-refractivity contribution in [3.8, 4) is 5.75 Å². The maximum absolute atomic E-state index is 12.5. The van der Waals surface area contributed by atoms with Gasteiger partial charge >= 0.3 is 0 Å². The first-order valence-corrected chi connectivity index (χ1v) is 10.1. The lowest BCUT2D eigenvalue weighted by Gasteiger charge is -2.12. The molecule has 0 bridgehead atoms. The molecule has 6 nitrogen and oxygen atoms in total. The number of thiocarbonyl (C=S) groups is 1. The van der Waals surface area contributed by atoms with Crippen molar-refractivity contribution in [1.29, 1.82) is 0 Å². The van der Waals surface area contributed by atoms with Gasteiger partial charge in [-0.25, -0.2) is 0 Å². The highest BCUT2D eigenvalue weighted by molar-refractivity contribution is 7.80. The van der Waals surface area contributed by atoms with Gasteiger partial charge in [0.2, 0.25) is 0 Å². The third-order valence-electron chi connectivity index (χ3n) is 4.11. The Labute approximate surface area is 194 Å². The molecule has 0 saturated carbocycles. The number of benzene rings is 3. The molecule has 0 atom stereocenters. The van der Waals surface area contributed by atoms with E-state index in [0.717, 1.165) is 0 Å². The lowest BCUT2D eigenvalue weighted by Crippen LogP contribution is -2.34. The van der Waals surface area contributed by atoms with Crippen LogP contribution in [-0.2, 0) is 0 Å². The number of hydrogen-bond donors (Lipinski definition) is 3. The fraction of sp³-hybridized carbons (Fsp3) is 0.0455. The average Bonchev–Trinajstić information content (AvgIpc) is 2.73. The van der Waals surface area contributed by atoms with E-state index in [1.165, 1.54) is 13.2 Å². The van der Waals surface area contributed by atoms with Gasteiger partial charge < -0.3 is 15.4 Å². The van der Waals surface area contributed by atoms with Crippen molar-refractivity contribution in [2.24, 2.45) is 0 Å². The normalized spacial score (nSPS) is 10.2. The number of hydrogen-bond acceptors (Lipinski definition) is 4. The minimum Gasteiger partial charge on any atom is -0.497 e. The Bertz CT molecular complexity index is 1150. The van der Waals surface area contributed by atoms with Crippen LogP contribution in [0.2, 0.25) is 10.0 Å². The van der Waals surface area contributed by atoms with Crippen molar-refractivity contribution >= 4 is 63.7 Å². The van der Waals surface area contributed by atoms with Gasteiger partial charge in [0.15, 0.2) is 5.11 Å². The molecule has 0 aliphatic rings. The zero-order chi connectivity index (χ0) is 22.4. The molecule has 158 valence electrons. The highest BCUT2D eigenvalue weighted by atomic mass is 35.5. The summed E-state index contributed by atoms with van der Waals surface area (Å²) in [6, 6.07) is 18.2. The Morgan fingerprint density at radius 1 is 0.871 bits per heavy atom. The van der Waals surface area contributed by atoms with Crippen LogP contribution in [0.5, 0.6) is 5.75 Å². The van der Waals surface area contributed by atoms with E-state index in [9.17, 15) is 9.59 Å². The summed E-state index contributed by atoms with van der Waals surface area (Å²) in [5.74, 6) is -0.193. The smallest absolute Gasteiger partial charge is 0.257 e. The molecule has 3 N–H and O–H groups in total. The van der Waals surface area contributed by atoms with Gasteiger partial charge in [-0.3, -0.25) is 14.9 Å². The summed E-state index contributed by atoms with van der Waals surface area (Å²) in [6.45, 7) is 0. The van der Waals surface area contributed by atoms with Gasteiger partial charge in [-0.05, 0) is 66.8 Å². The van der Waals surface area contributed by atoms with Crippen LogP contribution in [0.3, 0.4) is 0 Å². The summed E-state index contributed by atoms with van der Waals surface area (Å²) in [4.78, 5) is 24.8. The predicted octanol–water partition coefficient (Wildman–Crippen LogP) is 5.38. The highest BCUT2D eigenvalue weighted by Gasteiger charge is 2.12. The SMILES string of the molecule is COc1cccc(C(=O)NC(=S)Nc2cccc(NC(=O)c3ccc(Cl)cc3Cl)c2)c1. The summed E-state index contributed by atoms with van der Waals surface area (Å²) >= 11 is 17.2. The second-order valence-electron chi connectivity index (χ2n) is 6.30. The van der Waals surface area contributed by atoms with E-state index in [-0.39, 0.29) is 21.9 Å². The van der Waals surface area contributed by atoms with Gasteiger partial charge in [-0.1, -0.05) is 35.3 Å². The molecule has 9 heteroatoms. The number of rotatable bonds is 5. The van der Waals surface area contributed by atoms with Crippen molar-refractivity contribution < 1.29 is 14.3 Å². The predicted molar refractivity (Wildman–Crippen MR) is 128 cm³/mol. The van der Waals surface area contributed by atoms with E-state index < -0.39 is 0 Å². The second kappa shape index (κ2) is 10.3. The molecule has 0 aliphatic carbocycles. The van der Waals surface area contributed by atoms with Gasteiger partial charge in [0, 0.05) is 22.0 Å². The maximum Gasteiger partial charge on any atom is 0.257 e. The molecule has 3 aromatic carbocycles. The topological polar surface area (TPSA) is 79.5 Å². The Kier molecular flexibility index (Phi) is 7.46. The zero-order valence-corrected chi connectivity index (χ0v) is 18.6. The number of anilines is 2. The van der Waals surface area contributed by atoms with Gasteiger partial charge in [0.25, 0.3) is 11.8 Å². The van der Waals surface area contributed by atoms with Crippen molar-refractivity contribution in [3.05, 3.63) is 87.9 Å². The largest absolute Gasteiger partial charge is 0.497 e. The molecule has 31 heavy (non-hydrogen) atoms. The first-order valence-electron chi connectivity index (χ1n) is 8.98. The van der Waals surface area contributed by atoms with Crippen LogP contribution >= 0.6 is 35.4 Å². The Morgan fingerprint density at radius 2 is 1.58 bits per heavy atom. The molecule has 3 aromatic rings. The third kappa shape index (κ3) is 6.18. The van der Waals surface area contributed by atoms with Gasteiger partial charge in [-0.2, -0.15) is 0 Å². The fourth-order valence-electron chi connectivity index (χ4n) is 2.65. The summed E-state index contributed by atoms with van der Waals surface area (Å²) in [7, 11) is 1.52. The molecule has 3 rings (SSSR count). The maximum atomic E-state index is 12.5. The minimum absolute atomic E-state index is 0.108. The Hall–Kier alpha value is -3.13. The molecule has 0 unspecified atom stereocenters. The monoisotopic (exact) mass is 473 g/mol. The van der Waals surface area contributed by atoms with Gasteiger partial charge in [0.1, 0.15) is 5.75 Å². The number of halogens is 2. The molecule has 0 radical (unpaired) electrons. The molecule has 2 amide bonds. The van der Waals surface area contributed by atoms with Crippen LogP contribution < -0.4 is 20.7 Å². The molecule has 0 saturated heterocycles. The van der Waals surface area contributed by atoms with E-state index >= 15 is 0 Å². The van der Waals surface area contributed by atoms with E-state index in [2.05, 4.69) is 16.0 Å².